The maximum absolute atomic E-state index is 2.53. The molecule has 0 radical (unpaired) electrons. The van der Waals surface area contributed by atoms with Gasteiger partial charge in [0.25, 0.3) is 0 Å². The first-order valence-corrected chi connectivity index (χ1v) is 21.9. The van der Waals surface area contributed by atoms with Gasteiger partial charge >= 0.3 is 0 Å². The average molecular weight is 792 g/mol. The molecule has 0 saturated carbocycles. The van der Waals surface area contributed by atoms with Crippen molar-refractivity contribution in [2.75, 3.05) is 4.90 Å². The Kier molecular flexibility index (Phi) is 7.46. The minimum absolute atomic E-state index is 0.502. The molecule has 0 fully saturated rings. The van der Waals surface area contributed by atoms with Crippen LogP contribution in [-0.2, 0) is 5.41 Å². The van der Waals surface area contributed by atoms with E-state index in [-0.39, 0.29) is 0 Å². The van der Waals surface area contributed by atoms with E-state index < -0.39 is 5.41 Å². The maximum Gasteiger partial charge on any atom is 0.0746 e. The second-order valence-electron chi connectivity index (χ2n) is 16.3. The highest BCUT2D eigenvalue weighted by molar-refractivity contribution is 7.18. The molecule has 0 saturated heterocycles. The lowest BCUT2D eigenvalue weighted by atomic mass is 9.70. The summed E-state index contributed by atoms with van der Waals surface area (Å²) >= 11 is 1.84. The highest BCUT2D eigenvalue weighted by atomic mass is 32.1. The second kappa shape index (κ2) is 13.2. The van der Waals surface area contributed by atoms with Crippen molar-refractivity contribution in [3.05, 3.63) is 247 Å². The molecule has 1 nitrogen and oxygen atoms in total. The Labute approximate surface area is 359 Å². The fourth-order valence-electron chi connectivity index (χ4n) is 10.8. The first-order valence-electron chi connectivity index (χ1n) is 21.1. The summed E-state index contributed by atoms with van der Waals surface area (Å²) in [5.41, 5.74) is 15.9. The molecule has 13 rings (SSSR count). The molecule has 1 spiro atoms. The number of benzene rings is 10. The van der Waals surface area contributed by atoms with Crippen LogP contribution < -0.4 is 4.90 Å². The maximum atomic E-state index is 2.53. The SMILES string of the molecule is c1ccc(-c2ccc(-c3ccc(N(c4ccc5c6ccccc6c6ccccc6c5c4)c4cccc5c4C4(c6ccccc6-c6ccccc64)c4ccccc4-5)cc3)s2)cc1. The van der Waals surface area contributed by atoms with Crippen molar-refractivity contribution in [1.82, 2.24) is 0 Å². The first kappa shape index (κ1) is 34.4. The van der Waals surface area contributed by atoms with Crippen molar-refractivity contribution in [1.29, 1.82) is 0 Å². The molecule has 1 aromatic heterocycles. The van der Waals surface area contributed by atoms with Crippen LogP contribution in [0.15, 0.2) is 224 Å². The van der Waals surface area contributed by atoms with Gasteiger partial charge in [-0.3, -0.25) is 0 Å². The van der Waals surface area contributed by atoms with Crippen LogP contribution >= 0.6 is 11.3 Å². The van der Waals surface area contributed by atoms with Gasteiger partial charge in [-0.15, -0.1) is 11.3 Å². The fourth-order valence-corrected chi connectivity index (χ4v) is 11.8. The molecule has 0 unspecified atom stereocenters. The summed E-state index contributed by atoms with van der Waals surface area (Å²) in [5.74, 6) is 0. The Morgan fingerprint density at radius 2 is 0.754 bits per heavy atom. The molecule has 2 aliphatic rings. The van der Waals surface area contributed by atoms with Gasteiger partial charge in [0.15, 0.2) is 0 Å². The number of anilines is 3. The standard InChI is InChI=1S/C59H37NS/c1-2-15-38(16-3-1)56-35-36-57(61-56)39-29-31-40(32-30-39)60(41-33-34-46-44-19-5-4-17-42(44)43-18-6-7-20-45(43)51(46)37-41)55-28-14-24-50-49-23-10-13-27-54(49)59(58(50)55)52-25-11-8-21-47(52)48-22-9-12-26-53(48)59/h1-37H. The molecule has 2 heteroatoms. The Bertz CT molecular complexity index is 3440. The molecule has 0 aliphatic heterocycles. The number of rotatable bonds is 5. The summed E-state index contributed by atoms with van der Waals surface area (Å²) in [6.07, 6.45) is 0. The third-order valence-electron chi connectivity index (χ3n) is 13.3. The van der Waals surface area contributed by atoms with Crippen LogP contribution in [-0.4, -0.2) is 0 Å². The molecule has 0 atom stereocenters. The first-order chi connectivity index (χ1) is 30.3. The summed E-state index contributed by atoms with van der Waals surface area (Å²) in [6, 6.07) is 83.6. The normalized spacial score (nSPS) is 13.0. The van der Waals surface area contributed by atoms with Gasteiger partial charge < -0.3 is 4.90 Å². The predicted molar refractivity (Wildman–Crippen MR) is 259 cm³/mol. The molecule has 11 aromatic rings. The smallest absolute Gasteiger partial charge is 0.0746 e. The van der Waals surface area contributed by atoms with Gasteiger partial charge in [0.1, 0.15) is 0 Å². The Balaban J connectivity index is 1.08. The van der Waals surface area contributed by atoms with Crippen molar-refractivity contribution in [3.8, 4) is 43.1 Å². The average Bonchev–Trinajstić information content (AvgIpc) is 4.03. The molecule has 284 valence electrons. The van der Waals surface area contributed by atoms with Gasteiger partial charge in [0, 0.05) is 26.7 Å². The van der Waals surface area contributed by atoms with Crippen LogP contribution in [0.5, 0.6) is 0 Å². The fraction of sp³-hybridized carbons (Fsp3) is 0.0169. The third-order valence-corrected chi connectivity index (χ3v) is 14.5. The van der Waals surface area contributed by atoms with Crippen LogP contribution in [0.1, 0.15) is 22.3 Å². The highest BCUT2D eigenvalue weighted by Crippen LogP contribution is 2.65. The summed E-state index contributed by atoms with van der Waals surface area (Å²) in [6.45, 7) is 0. The van der Waals surface area contributed by atoms with Crippen molar-refractivity contribution < 1.29 is 0 Å². The van der Waals surface area contributed by atoms with Gasteiger partial charge in [-0.2, -0.15) is 0 Å². The molecule has 0 N–H and O–H groups in total. The van der Waals surface area contributed by atoms with E-state index >= 15 is 0 Å². The number of thiophene rings is 1. The predicted octanol–water partition coefficient (Wildman–Crippen LogP) is 16.4. The van der Waals surface area contributed by atoms with Crippen LogP contribution in [0.2, 0.25) is 0 Å². The summed E-state index contributed by atoms with van der Waals surface area (Å²) in [7, 11) is 0. The molecular weight excluding hydrogens is 755 g/mol. The Hall–Kier alpha value is -7.52. The summed E-state index contributed by atoms with van der Waals surface area (Å²) < 4.78 is 0. The molecule has 1 heterocycles. The van der Waals surface area contributed by atoms with Crippen LogP contribution in [0.3, 0.4) is 0 Å². The lowest BCUT2D eigenvalue weighted by Gasteiger charge is -2.36. The number of hydrogen-bond donors (Lipinski definition) is 0. The van der Waals surface area contributed by atoms with Gasteiger partial charge in [0.05, 0.1) is 11.1 Å². The molecule has 2 aliphatic carbocycles. The zero-order chi connectivity index (χ0) is 40.1. The van der Waals surface area contributed by atoms with E-state index in [9.17, 15) is 0 Å². The van der Waals surface area contributed by atoms with Gasteiger partial charge in [0.2, 0.25) is 0 Å². The zero-order valence-corrected chi connectivity index (χ0v) is 34.0. The Morgan fingerprint density at radius 3 is 1.34 bits per heavy atom. The van der Waals surface area contributed by atoms with Crippen LogP contribution in [0.25, 0.3) is 75.5 Å². The van der Waals surface area contributed by atoms with E-state index in [1.165, 1.54) is 103 Å². The van der Waals surface area contributed by atoms with Crippen LogP contribution in [0, 0.1) is 0 Å². The van der Waals surface area contributed by atoms with Crippen molar-refractivity contribution >= 4 is 60.7 Å². The number of nitrogens with zero attached hydrogens (tertiary/aromatic N) is 1. The highest BCUT2D eigenvalue weighted by Gasteiger charge is 2.53. The number of fused-ring (bicyclic) bond motifs is 16. The van der Waals surface area contributed by atoms with E-state index in [4.69, 9.17) is 0 Å². The minimum Gasteiger partial charge on any atom is -0.310 e. The van der Waals surface area contributed by atoms with Gasteiger partial charge in [-0.05, 0) is 125 Å². The lowest BCUT2D eigenvalue weighted by molar-refractivity contribution is 0.793. The molecule has 0 bridgehead atoms. The van der Waals surface area contributed by atoms with Crippen molar-refractivity contribution in [2.45, 2.75) is 5.41 Å². The molecule has 10 aromatic carbocycles. The van der Waals surface area contributed by atoms with Gasteiger partial charge in [-0.1, -0.05) is 182 Å². The second-order valence-corrected chi connectivity index (χ2v) is 17.4. The topological polar surface area (TPSA) is 3.24 Å². The van der Waals surface area contributed by atoms with Crippen LogP contribution in [0.4, 0.5) is 17.1 Å². The van der Waals surface area contributed by atoms with E-state index in [2.05, 4.69) is 229 Å². The zero-order valence-electron chi connectivity index (χ0n) is 33.2. The van der Waals surface area contributed by atoms with Crippen molar-refractivity contribution in [2.24, 2.45) is 0 Å². The van der Waals surface area contributed by atoms with E-state index in [0.29, 0.717) is 0 Å². The van der Waals surface area contributed by atoms with E-state index in [1.807, 2.05) is 11.3 Å². The van der Waals surface area contributed by atoms with E-state index in [1.54, 1.807) is 0 Å². The minimum atomic E-state index is -0.502. The lowest BCUT2D eigenvalue weighted by Crippen LogP contribution is -2.28. The molecule has 61 heavy (non-hydrogen) atoms. The van der Waals surface area contributed by atoms with Gasteiger partial charge in [-0.25, -0.2) is 0 Å². The number of hydrogen-bond acceptors (Lipinski definition) is 2. The largest absolute Gasteiger partial charge is 0.310 e. The summed E-state index contributed by atoms with van der Waals surface area (Å²) in [5, 5.41) is 7.62. The van der Waals surface area contributed by atoms with E-state index in [0.717, 1.165) is 11.4 Å². The van der Waals surface area contributed by atoms with Crippen molar-refractivity contribution in [3.63, 3.8) is 0 Å². The Morgan fingerprint density at radius 1 is 0.311 bits per heavy atom. The quantitative estimate of drug-likeness (QED) is 0.157. The summed E-state index contributed by atoms with van der Waals surface area (Å²) in [4.78, 5) is 5.07. The monoisotopic (exact) mass is 791 g/mol. The molecular formula is C59H37NS. The molecule has 0 amide bonds. The third kappa shape index (κ3) is 4.88.